The molecule has 150 valence electrons. The van der Waals surface area contributed by atoms with Crippen LogP contribution in [-0.4, -0.2) is 6.03 Å². The van der Waals surface area contributed by atoms with Crippen molar-refractivity contribution in [3.63, 3.8) is 0 Å². The van der Waals surface area contributed by atoms with Gasteiger partial charge in [-0.2, -0.15) is 13.2 Å². The lowest BCUT2D eigenvalue weighted by molar-refractivity contribution is -0.137. The van der Waals surface area contributed by atoms with Crippen molar-refractivity contribution in [2.45, 2.75) is 12.8 Å². The van der Waals surface area contributed by atoms with Crippen molar-refractivity contribution in [3.05, 3.63) is 88.9 Å². The van der Waals surface area contributed by atoms with Crippen molar-refractivity contribution in [1.29, 1.82) is 0 Å². The van der Waals surface area contributed by atoms with Gasteiger partial charge in [0.15, 0.2) is 0 Å². The molecule has 2 N–H and O–H groups in total. The highest BCUT2D eigenvalue weighted by Gasteiger charge is 2.33. The van der Waals surface area contributed by atoms with Crippen LogP contribution in [0.4, 0.5) is 29.3 Å². The van der Waals surface area contributed by atoms with Gasteiger partial charge < -0.3 is 15.4 Å². The van der Waals surface area contributed by atoms with E-state index in [-0.39, 0.29) is 5.69 Å². The normalized spacial score (nSPS) is 11.0. The van der Waals surface area contributed by atoms with E-state index in [0.29, 0.717) is 18.0 Å². The second-order valence-electron chi connectivity index (χ2n) is 6.07. The van der Waals surface area contributed by atoms with Crippen molar-refractivity contribution >= 4 is 29.0 Å². The molecule has 3 rings (SSSR count). The third kappa shape index (κ3) is 5.89. The van der Waals surface area contributed by atoms with E-state index in [1.54, 1.807) is 24.3 Å². The molecule has 0 radical (unpaired) electrons. The van der Waals surface area contributed by atoms with Gasteiger partial charge in [-0.05, 0) is 48.0 Å². The molecule has 29 heavy (non-hydrogen) atoms. The van der Waals surface area contributed by atoms with E-state index in [0.717, 1.165) is 17.7 Å². The number of urea groups is 1. The Morgan fingerprint density at radius 1 is 0.897 bits per heavy atom. The molecular weight excluding hydrogens is 405 g/mol. The first-order valence-electron chi connectivity index (χ1n) is 8.53. The van der Waals surface area contributed by atoms with Gasteiger partial charge >= 0.3 is 12.2 Å². The number of carbonyl (C=O) groups excluding carboxylic acids is 1. The van der Waals surface area contributed by atoms with Crippen LogP contribution in [0.2, 0.25) is 5.02 Å². The second kappa shape index (κ2) is 8.87. The highest BCUT2D eigenvalue weighted by molar-refractivity contribution is 6.31. The van der Waals surface area contributed by atoms with Gasteiger partial charge in [0.2, 0.25) is 0 Å². The van der Waals surface area contributed by atoms with Crippen LogP contribution in [0.15, 0.2) is 72.8 Å². The molecule has 4 nitrogen and oxygen atoms in total. The zero-order chi connectivity index (χ0) is 20.9. The average Bonchev–Trinajstić information content (AvgIpc) is 2.69. The highest BCUT2D eigenvalue weighted by atomic mass is 35.5. The SMILES string of the molecule is O=C(Nc1ccc(OCc2ccccc2)cc1)Nc1ccc(Cl)c(C(F)(F)F)c1. The number of nitrogens with one attached hydrogen (secondary N) is 2. The van der Waals surface area contributed by atoms with Crippen LogP contribution in [0, 0.1) is 0 Å². The zero-order valence-electron chi connectivity index (χ0n) is 15.0. The van der Waals surface area contributed by atoms with Gasteiger partial charge in [-0.25, -0.2) is 4.79 Å². The minimum atomic E-state index is -4.61. The molecule has 0 aliphatic carbocycles. The lowest BCUT2D eigenvalue weighted by Crippen LogP contribution is -2.19. The third-order valence-corrected chi connectivity index (χ3v) is 4.22. The Hall–Kier alpha value is -3.19. The molecule has 0 heterocycles. The lowest BCUT2D eigenvalue weighted by atomic mass is 10.2. The summed E-state index contributed by atoms with van der Waals surface area (Å²) in [5.74, 6) is 0.618. The molecule has 0 aliphatic heterocycles. The highest BCUT2D eigenvalue weighted by Crippen LogP contribution is 2.36. The minimum absolute atomic E-state index is 0.0259. The van der Waals surface area contributed by atoms with Crippen molar-refractivity contribution in [3.8, 4) is 5.75 Å². The topological polar surface area (TPSA) is 50.4 Å². The van der Waals surface area contributed by atoms with Crippen LogP contribution in [-0.2, 0) is 12.8 Å². The molecule has 0 bridgehead atoms. The molecule has 0 saturated carbocycles. The summed E-state index contributed by atoms with van der Waals surface area (Å²) >= 11 is 5.57. The standard InChI is InChI=1S/C21H16ClF3N2O2/c22-19-11-8-16(12-18(19)21(23,24)25)27-20(28)26-15-6-9-17(10-7-15)29-13-14-4-2-1-3-5-14/h1-12H,13H2,(H2,26,27,28). The van der Waals surface area contributed by atoms with Crippen LogP contribution in [0.5, 0.6) is 5.75 Å². The van der Waals surface area contributed by atoms with Crippen LogP contribution < -0.4 is 15.4 Å². The number of alkyl halides is 3. The first-order chi connectivity index (χ1) is 13.8. The van der Waals surface area contributed by atoms with Gasteiger partial charge in [-0.15, -0.1) is 0 Å². The fourth-order valence-corrected chi connectivity index (χ4v) is 2.71. The monoisotopic (exact) mass is 420 g/mol. The Bertz CT molecular complexity index is 977. The lowest BCUT2D eigenvalue weighted by Gasteiger charge is -2.12. The largest absolute Gasteiger partial charge is 0.489 e. The molecule has 0 spiro atoms. The quantitative estimate of drug-likeness (QED) is 0.489. The third-order valence-electron chi connectivity index (χ3n) is 3.89. The van der Waals surface area contributed by atoms with Crippen LogP contribution in [0.3, 0.4) is 0 Å². The summed E-state index contributed by atoms with van der Waals surface area (Å²) in [6, 6.07) is 18.7. The smallest absolute Gasteiger partial charge is 0.417 e. The number of carbonyl (C=O) groups is 1. The van der Waals surface area contributed by atoms with Gasteiger partial charge in [-0.3, -0.25) is 0 Å². The first-order valence-corrected chi connectivity index (χ1v) is 8.90. The number of halogens is 4. The van der Waals surface area contributed by atoms with E-state index in [1.165, 1.54) is 6.07 Å². The molecule has 3 aromatic carbocycles. The number of hydrogen-bond acceptors (Lipinski definition) is 2. The number of benzene rings is 3. The molecular formula is C21H16ClF3N2O2. The van der Waals surface area contributed by atoms with Crippen molar-refractivity contribution in [1.82, 2.24) is 0 Å². The van der Waals surface area contributed by atoms with Gasteiger partial charge in [0, 0.05) is 11.4 Å². The second-order valence-corrected chi connectivity index (χ2v) is 6.48. The Kier molecular flexibility index (Phi) is 6.29. The van der Waals surface area contributed by atoms with Crippen molar-refractivity contribution < 1.29 is 22.7 Å². The molecule has 2 amide bonds. The molecule has 0 saturated heterocycles. The average molecular weight is 421 g/mol. The Balaban J connectivity index is 1.57. The molecule has 3 aromatic rings. The predicted octanol–water partition coefficient (Wildman–Crippen LogP) is 6.58. The maximum Gasteiger partial charge on any atom is 0.417 e. The molecule has 0 aliphatic rings. The summed E-state index contributed by atoms with van der Waals surface area (Å²) in [4.78, 5) is 12.1. The maximum atomic E-state index is 12.9. The summed E-state index contributed by atoms with van der Waals surface area (Å²) in [6.07, 6.45) is -4.61. The van der Waals surface area contributed by atoms with Crippen LogP contribution >= 0.6 is 11.6 Å². The molecule has 0 aromatic heterocycles. The summed E-state index contributed by atoms with van der Waals surface area (Å²) in [6.45, 7) is 0.409. The summed E-state index contributed by atoms with van der Waals surface area (Å²) < 4.78 is 44.3. The van der Waals surface area contributed by atoms with E-state index in [9.17, 15) is 18.0 Å². The molecule has 0 atom stereocenters. The maximum absolute atomic E-state index is 12.9. The van der Waals surface area contributed by atoms with Crippen LogP contribution in [0.25, 0.3) is 0 Å². The number of hydrogen-bond donors (Lipinski definition) is 2. The zero-order valence-corrected chi connectivity index (χ0v) is 15.7. The van der Waals surface area contributed by atoms with E-state index in [1.807, 2.05) is 30.3 Å². The summed E-state index contributed by atoms with van der Waals surface area (Å²) in [7, 11) is 0. The van der Waals surface area contributed by atoms with Crippen LogP contribution in [0.1, 0.15) is 11.1 Å². The van der Waals surface area contributed by atoms with Crippen molar-refractivity contribution in [2.24, 2.45) is 0 Å². The Labute approximate surface area is 170 Å². The number of rotatable bonds is 5. The van der Waals surface area contributed by atoms with Gasteiger partial charge in [0.25, 0.3) is 0 Å². The van der Waals surface area contributed by atoms with Gasteiger partial charge in [0.1, 0.15) is 12.4 Å². The minimum Gasteiger partial charge on any atom is -0.489 e. The number of ether oxygens (including phenoxy) is 1. The van der Waals surface area contributed by atoms with Gasteiger partial charge in [-0.1, -0.05) is 41.9 Å². The van der Waals surface area contributed by atoms with Gasteiger partial charge in [0.05, 0.1) is 10.6 Å². The fraction of sp³-hybridized carbons (Fsp3) is 0.0952. The number of anilines is 2. The Morgan fingerprint density at radius 3 is 2.17 bits per heavy atom. The Morgan fingerprint density at radius 2 is 1.52 bits per heavy atom. The molecule has 0 fully saturated rings. The van der Waals surface area contributed by atoms with E-state index >= 15 is 0 Å². The van der Waals surface area contributed by atoms with E-state index in [2.05, 4.69) is 10.6 Å². The summed E-state index contributed by atoms with van der Waals surface area (Å²) in [5.41, 5.74) is 0.439. The predicted molar refractivity (Wildman–Crippen MR) is 106 cm³/mol. The molecule has 0 unspecified atom stereocenters. The van der Waals surface area contributed by atoms with E-state index < -0.39 is 22.8 Å². The van der Waals surface area contributed by atoms with Crippen molar-refractivity contribution in [2.75, 3.05) is 10.6 Å². The summed E-state index contributed by atoms with van der Waals surface area (Å²) in [5, 5.41) is 4.46. The molecule has 8 heteroatoms. The van der Waals surface area contributed by atoms with E-state index in [4.69, 9.17) is 16.3 Å². The first kappa shape index (κ1) is 20.5. The number of amides is 2. The fourth-order valence-electron chi connectivity index (χ4n) is 2.49.